The molecule has 18 heavy (non-hydrogen) atoms. The van der Waals surface area contributed by atoms with Crippen molar-refractivity contribution in [2.45, 2.75) is 6.43 Å². The van der Waals surface area contributed by atoms with E-state index in [0.717, 1.165) is 16.7 Å². The fraction of sp³-hybridized carbons (Fsp3) is 0.333. The Hall–Kier alpha value is 3.54. The summed E-state index contributed by atoms with van der Waals surface area (Å²) in [6.07, 6.45) is 0. The van der Waals surface area contributed by atoms with Crippen LogP contribution in [0.4, 0.5) is 0 Å². The van der Waals surface area contributed by atoms with Gasteiger partial charge in [-0.15, -0.1) is 0 Å². The van der Waals surface area contributed by atoms with E-state index in [1.54, 1.807) is 0 Å². The molecule has 0 atom stereocenters. The molecule has 0 amide bonds. The van der Waals surface area contributed by atoms with Crippen molar-refractivity contribution >= 4 is 143 Å². The smallest absolute Gasteiger partial charge is 0.0549 e. The van der Waals surface area contributed by atoms with Crippen LogP contribution in [0.15, 0.2) is 12.1 Å². The Kier molecular flexibility index (Phi) is 7.59. The van der Waals surface area contributed by atoms with E-state index in [-0.39, 0.29) is 0 Å². The van der Waals surface area contributed by atoms with Crippen molar-refractivity contribution < 1.29 is 0 Å². The average Bonchev–Trinajstić information content (AvgIpc) is 2.12. The van der Waals surface area contributed by atoms with Gasteiger partial charge >= 0.3 is 0 Å². The molecule has 1 aromatic carbocycles. The first kappa shape index (κ1) is 19.6. The fourth-order valence-corrected chi connectivity index (χ4v) is 4.42. The molecule has 0 fully saturated rings. The molecule has 0 unspecified atom stereocenters. The normalized spacial score (nSPS) is 13.8. The van der Waals surface area contributed by atoms with Crippen LogP contribution in [0.2, 0.25) is 0 Å². The lowest BCUT2D eigenvalue weighted by molar-refractivity contribution is 1.15. The topological polar surface area (TPSA) is 0 Å². The van der Waals surface area contributed by atoms with E-state index in [4.69, 9.17) is 0 Å². The molecule has 0 N–H and O–H groups in total. The van der Waals surface area contributed by atoms with Gasteiger partial charge in [0.25, 0.3) is 0 Å². The highest BCUT2D eigenvalue weighted by molar-refractivity contribution is 9.39. The SMILES string of the molecule is BrC(Br)(Br)c1[c]ccc(C(Br)(Br)Br)c1C(Br)(Br)Br. The first-order valence-corrected chi connectivity index (χ1v) is 11.2. The third-order valence-electron chi connectivity index (χ3n) is 1.87. The van der Waals surface area contributed by atoms with Gasteiger partial charge in [0.05, 0.1) is 0 Å². The lowest BCUT2D eigenvalue weighted by atomic mass is 10.0. The van der Waals surface area contributed by atoms with Crippen molar-refractivity contribution in [2.75, 3.05) is 0 Å². The van der Waals surface area contributed by atoms with E-state index >= 15 is 0 Å². The molecule has 1 rings (SSSR count). The molecule has 9 heteroatoms. The molecular weight excluding hydrogens is 827 g/mol. The Morgan fingerprint density at radius 1 is 0.722 bits per heavy atom. The summed E-state index contributed by atoms with van der Waals surface area (Å²) in [5.41, 5.74) is 2.80. The largest absolute Gasteiger partial charge is 0.160 e. The van der Waals surface area contributed by atoms with E-state index in [1.807, 2.05) is 12.1 Å². The summed E-state index contributed by atoms with van der Waals surface area (Å²) in [5, 5.41) is 0. The van der Waals surface area contributed by atoms with Gasteiger partial charge in [-0.05, 0) is 11.6 Å². The van der Waals surface area contributed by atoms with Crippen molar-refractivity contribution in [1.82, 2.24) is 0 Å². The molecule has 0 aliphatic rings. The van der Waals surface area contributed by atoms with E-state index in [1.165, 1.54) is 0 Å². The Bertz CT molecular complexity index is 403. The van der Waals surface area contributed by atoms with Crippen molar-refractivity contribution in [3.63, 3.8) is 0 Å². The highest BCUT2D eigenvalue weighted by Crippen LogP contribution is 2.58. The second-order valence-electron chi connectivity index (χ2n) is 3.13. The maximum atomic E-state index is 3.56. The lowest BCUT2D eigenvalue weighted by Crippen LogP contribution is -2.16. The molecule has 0 spiro atoms. The highest BCUT2D eigenvalue weighted by atomic mass is 80.0. The van der Waals surface area contributed by atoms with Gasteiger partial charge in [0.2, 0.25) is 0 Å². The van der Waals surface area contributed by atoms with Crippen molar-refractivity contribution in [1.29, 1.82) is 0 Å². The maximum absolute atomic E-state index is 3.56. The quantitative estimate of drug-likeness (QED) is 0.231. The predicted molar refractivity (Wildman–Crippen MR) is 111 cm³/mol. The predicted octanol–water partition coefficient (Wildman–Crippen LogP) is 8.37. The van der Waals surface area contributed by atoms with E-state index in [0.29, 0.717) is 0 Å². The standard InChI is InChI=1S/C9H2Br9/c10-7(11,12)4-2-1-3-5(8(13,14)15)6(4)9(16,17)18/h1-2H. The second-order valence-corrected chi connectivity index (χ2v) is 23.4. The van der Waals surface area contributed by atoms with Crippen LogP contribution < -0.4 is 0 Å². The molecule has 0 nitrogen and oxygen atoms in total. The first-order chi connectivity index (χ1) is 7.85. The van der Waals surface area contributed by atoms with Gasteiger partial charge in [-0.1, -0.05) is 156 Å². The third kappa shape index (κ3) is 5.32. The summed E-state index contributed by atoms with van der Waals surface area (Å²) in [5.74, 6) is 0. The van der Waals surface area contributed by atoms with Crippen LogP contribution in [0.3, 0.4) is 0 Å². The lowest BCUT2D eigenvalue weighted by Gasteiger charge is -2.28. The molecule has 0 saturated heterocycles. The minimum Gasteiger partial charge on any atom is -0.0549 e. The van der Waals surface area contributed by atoms with E-state index in [2.05, 4.69) is 149 Å². The zero-order valence-corrected chi connectivity index (χ0v) is 22.3. The summed E-state index contributed by atoms with van der Waals surface area (Å²) < 4.78 is -1.70. The van der Waals surface area contributed by atoms with Crippen molar-refractivity contribution in [3.05, 3.63) is 34.9 Å². The molecule has 0 aliphatic heterocycles. The number of halogens is 9. The third-order valence-corrected chi connectivity index (χ3v) is 5.53. The van der Waals surface area contributed by atoms with Gasteiger partial charge < -0.3 is 0 Å². The monoisotopic (exact) mass is 820 g/mol. The molecule has 101 valence electrons. The zero-order chi connectivity index (χ0) is 14.4. The molecule has 0 heterocycles. The summed E-state index contributed by atoms with van der Waals surface area (Å²) >= 11 is 31.9. The fourth-order valence-electron chi connectivity index (χ4n) is 1.25. The summed E-state index contributed by atoms with van der Waals surface area (Å²) in [6.45, 7) is 0. The van der Waals surface area contributed by atoms with Gasteiger partial charge in [-0.3, -0.25) is 0 Å². The van der Waals surface area contributed by atoms with Crippen LogP contribution in [0.5, 0.6) is 0 Å². The average molecular weight is 829 g/mol. The Morgan fingerprint density at radius 3 is 1.56 bits per heavy atom. The van der Waals surface area contributed by atoms with Crippen LogP contribution in [-0.2, 0) is 6.43 Å². The molecule has 0 bridgehead atoms. The second kappa shape index (κ2) is 6.97. The van der Waals surface area contributed by atoms with Crippen LogP contribution >= 0.6 is 143 Å². The zero-order valence-electron chi connectivity index (χ0n) is 8.06. The minimum atomic E-state index is -0.587. The van der Waals surface area contributed by atoms with Crippen molar-refractivity contribution in [3.8, 4) is 0 Å². The van der Waals surface area contributed by atoms with Gasteiger partial charge in [-0.25, -0.2) is 0 Å². The number of hydrogen-bond acceptors (Lipinski definition) is 0. The number of benzene rings is 1. The number of rotatable bonds is 0. The molecule has 0 aliphatic carbocycles. The maximum Gasteiger partial charge on any atom is 0.160 e. The van der Waals surface area contributed by atoms with Crippen LogP contribution in [-0.4, -0.2) is 0 Å². The molecule has 0 aromatic heterocycles. The summed E-state index contributed by atoms with van der Waals surface area (Å²) in [7, 11) is 0. The number of hydrogen-bond donors (Lipinski definition) is 0. The highest BCUT2D eigenvalue weighted by Gasteiger charge is 2.38. The molecule has 1 aromatic rings. The van der Waals surface area contributed by atoms with E-state index in [9.17, 15) is 0 Å². The Balaban J connectivity index is 3.68. The molecular formula is C9H2Br9. The van der Waals surface area contributed by atoms with Gasteiger partial charge in [0, 0.05) is 11.1 Å². The van der Waals surface area contributed by atoms with Crippen LogP contribution in [0.25, 0.3) is 0 Å². The van der Waals surface area contributed by atoms with Crippen LogP contribution in [0.1, 0.15) is 16.7 Å². The first-order valence-electron chi connectivity index (χ1n) is 4.11. The number of alkyl halides is 9. The molecule has 0 saturated carbocycles. The van der Waals surface area contributed by atoms with Crippen LogP contribution in [0, 0.1) is 6.07 Å². The van der Waals surface area contributed by atoms with Gasteiger partial charge in [0.15, 0.2) is 6.43 Å². The summed E-state index contributed by atoms with van der Waals surface area (Å²) in [6, 6.07) is 7.01. The van der Waals surface area contributed by atoms with Crippen molar-refractivity contribution in [2.24, 2.45) is 0 Å². The van der Waals surface area contributed by atoms with Gasteiger partial charge in [0.1, 0.15) is 0 Å². The molecule has 1 radical (unpaired) electrons. The minimum absolute atomic E-state index is 0.537. The van der Waals surface area contributed by atoms with Gasteiger partial charge in [-0.2, -0.15) is 0 Å². The Labute approximate surface area is 181 Å². The Morgan fingerprint density at radius 2 is 1.22 bits per heavy atom. The summed E-state index contributed by atoms with van der Waals surface area (Å²) in [4.78, 5) is 0. The van der Waals surface area contributed by atoms with E-state index < -0.39 is 6.43 Å².